The van der Waals surface area contributed by atoms with Crippen molar-refractivity contribution in [2.75, 3.05) is 13.1 Å². The van der Waals surface area contributed by atoms with Crippen molar-refractivity contribution in [1.82, 2.24) is 19.6 Å². The molecule has 1 N–H and O–H groups in total. The molecule has 7 nitrogen and oxygen atoms in total. The van der Waals surface area contributed by atoms with E-state index in [9.17, 15) is 14.4 Å². The molecule has 0 bridgehead atoms. The van der Waals surface area contributed by atoms with Crippen molar-refractivity contribution in [2.24, 2.45) is 0 Å². The van der Waals surface area contributed by atoms with E-state index in [4.69, 9.17) is 0 Å². The van der Waals surface area contributed by atoms with Crippen molar-refractivity contribution < 1.29 is 14.4 Å². The fourth-order valence-corrected chi connectivity index (χ4v) is 3.23. The van der Waals surface area contributed by atoms with Crippen molar-refractivity contribution in [3.8, 4) is 0 Å². The molecule has 1 aromatic carbocycles. The Balaban J connectivity index is 1.34. The summed E-state index contributed by atoms with van der Waals surface area (Å²) in [6.45, 7) is 2.10. The first kappa shape index (κ1) is 17.0. The van der Waals surface area contributed by atoms with E-state index in [0.717, 1.165) is 21.9 Å². The SMILES string of the molecule is Cc1cccc2nc(CCNC(=O)CN3C(=O)c4ccccc4C3=O)cn12. The second-order valence-corrected chi connectivity index (χ2v) is 6.47. The highest BCUT2D eigenvalue weighted by molar-refractivity contribution is 6.22. The van der Waals surface area contributed by atoms with Crippen LogP contribution >= 0.6 is 0 Å². The van der Waals surface area contributed by atoms with Gasteiger partial charge in [-0.15, -0.1) is 0 Å². The molecule has 3 amide bonds. The summed E-state index contributed by atoms with van der Waals surface area (Å²) in [6, 6.07) is 12.5. The Kier molecular flexibility index (Phi) is 4.19. The number of imide groups is 1. The third-order valence-corrected chi connectivity index (χ3v) is 4.63. The number of fused-ring (bicyclic) bond motifs is 2. The molecule has 0 spiro atoms. The summed E-state index contributed by atoms with van der Waals surface area (Å²) < 4.78 is 2.00. The van der Waals surface area contributed by atoms with E-state index in [0.29, 0.717) is 24.1 Å². The number of imidazole rings is 1. The number of aromatic nitrogens is 2. The number of nitrogens with zero attached hydrogens (tertiary/aromatic N) is 3. The molecule has 0 radical (unpaired) electrons. The summed E-state index contributed by atoms with van der Waals surface area (Å²) in [7, 11) is 0. The molecule has 0 unspecified atom stereocenters. The maximum absolute atomic E-state index is 12.3. The third-order valence-electron chi connectivity index (χ3n) is 4.63. The number of rotatable bonds is 5. The van der Waals surface area contributed by atoms with Crippen molar-refractivity contribution in [2.45, 2.75) is 13.3 Å². The number of benzene rings is 1. The van der Waals surface area contributed by atoms with Gasteiger partial charge < -0.3 is 9.72 Å². The molecule has 1 aliphatic heterocycles. The lowest BCUT2D eigenvalue weighted by Gasteiger charge is -2.13. The Morgan fingerprint density at radius 3 is 2.41 bits per heavy atom. The summed E-state index contributed by atoms with van der Waals surface area (Å²) >= 11 is 0. The van der Waals surface area contributed by atoms with E-state index in [1.807, 2.05) is 35.7 Å². The quantitative estimate of drug-likeness (QED) is 0.699. The molecule has 27 heavy (non-hydrogen) atoms. The minimum absolute atomic E-state index is 0.281. The van der Waals surface area contributed by atoms with Gasteiger partial charge in [-0.25, -0.2) is 4.98 Å². The van der Waals surface area contributed by atoms with Crippen molar-refractivity contribution in [1.29, 1.82) is 0 Å². The molecule has 2 aromatic heterocycles. The first-order valence-electron chi connectivity index (χ1n) is 8.70. The molecule has 0 atom stereocenters. The van der Waals surface area contributed by atoms with E-state index in [-0.39, 0.29) is 12.5 Å². The van der Waals surface area contributed by atoms with E-state index in [1.54, 1.807) is 24.3 Å². The average Bonchev–Trinajstić information content (AvgIpc) is 3.18. The molecule has 0 saturated heterocycles. The average molecular weight is 362 g/mol. The highest BCUT2D eigenvalue weighted by Gasteiger charge is 2.36. The molecule has 3 heterocycles. The normalized spacial score (nSPS) is 13.3. The van der Waals surface area contributed by atoms with E-state index < -0.39 is 11.8 Å². The topological polar surface area (TPSA) is 83.8 Å². The maximum atomic E-state index is 12.3. The maximum Gasteiger partial charge on any atom is 0.262 e. The van der Waals surface area contributed by atoms with Crippen LogP contribution in [0.2, 0.25) is 0 Å². The second-order valence-electron chi connectivity index (χ2n) is 6.47. The van der Waals surface area contributed by atoms with Gasteiger partial charge >= 0.3 is 0 Å². The first-order valence-corrected chi connectivity index (χ1v) is 8.70. The highest BCUT2D eigenvalue weighted by Crippen LogP contribution is 2.21. The molecule has 7 heteroatoms. The van der Waals surface area contributed by atoms with Gasteiger partial charge in [-0.3, -0.25) is 19.3 Å². The Morgan fingerprint density at radius 2 is 1.74 bits per heavy atom. The van der Waals surface area contributed by atoms with Gasteiger partial charge in [0.15, 0.2) is 0 Å². The zero-order chi connectivity index (χ0) is 19.0. The summed E-state index contributed by atoms with van der Waals surface area (Å²) in [5.41, 5.74) is 3.50. The number of nitrogens with one attached hydrogen (secondary N) is 1. The number of carbonyl (C=O) groups is 3. The second kappa shape index (κ2) is 6.68. The fourth-order valence-electron chi connectivity index (χ4n) is 3.23. The van der Waals surface area contributed by atoms with E-state index >= 15 is 0 Å². The number of hydrogen-bond donors (Lipinski definition) is 1. The molecular formula is C20H18N4O3. The lowest BCUT2D eigenvalue weighted by molar-refractivity contribution is -0.121. The number of aryl methyl sites for hydroxylation is 1. The van der Waals surface area contributed by atoms with Gasteiger partial charge in [0.25, 0.3) is 11.8 Å². The highest BCUT2D eigenvalue weighted by atomic mass is 16.2. The summed E-state index contributed by atoms with van der Waals surface area (Å²) in [6.07, 6.45) is 2.51. The van der Waals surface area contributed by atoms with Gasteiger partial charge in [0, 0.05) is 24.9 Å². The zero-order valence-electron chi connectivity index (χ0n) is 14.8. The number of hydrogen-bond acceptors (Lipinski definition) is 4. The Hall–Kier alpha value is -3.48. The molecule has 4 rings (SSSR count). The summed E-state index contributed by atoms with van der Waals surface area (Å²) in [5.74, 6) is -1.23. The van der Waals surface area contributed by atoms with Crippen molar-refractivity contribution in [3.05, 3.63) is 71.2 Å². The van der Waals surface area contributed by atoms with Crippen LogP contribution in [0.15, 0.2) is 48.7 Å². The van der Waals surface area contributed by atoms with Gasteiger partial charge in [-0.2, -0.15) is 0 Å². The van der Waals surface area contributed by atoms with Gasteiger partial charge in [0.1, 0.15) is 12.2 Å². The summed E-state index contributed by atoms with van der Waals surface area (Å²) in [4.78, 5) is 42.2. The lowest BCUT2D eigenvalue weighted by atomic mass is 10.1. The van der Waals surface area contributed by atoms with E-state index in [2.05, 4.69) is 10.3 Å². The minimum Gasteiger partial charge on any atom is -0.354 e. The van der Waals surface area contributed by atoms with Crippen LogP contribution in [0.25, 0.3) is 5.65 Å². The van der Waals surface area contributed by atoms with Crippen molar-refractivity contribution in [3.63, 3.8) is 0 Å². The lowest BCUT2D eigenvalue weighted by Crippen LogP contribution is -2.40. The Morgan fingerprint density at radius 1 is 1.04 bits per heavy atom. The zero-order valence-corrected chi connectivity index (χ0v) is 14.8. The van der Waals surface area contributed by atoms with Crippen LogP contribution < -0.4 is 5.32 Å². The van der Waals surface area contributed by atoms with Crippen LogP contribution in [0.4, 0.5) is 0 Å². The number of carbonyl (C=O) groups excluding carboxylic acids is 3. The predicted molar refractivity (Wildman–Crippen MR) is 98.5 cm³/mol. The van der Waals surface area contributed by atoms with E-state index in [1.165, 1.54) is 0 Å². The Labute approximate surface area is 155 Å². The van der Waals surface area contributed by atoms with Crippen LogP contribution in [-0.4, -0.2) is 45.1 Å². The molecular weight excluding hydrogens is 344 g/mol. The van der Waals surface area contributed by atoms with Crippen LogP contribution in [-0.2, 0) is 11.2 Å². The molecule has 3 aromatic rings. The Bertz CT molecular complexity index is 1040. The third kappa shape index (κ3) is 3.08. The van der Waals surface area contributed by atoms with Gasteiger partial charge in [-0.1, -0.05) is 18.2 Å². The monoisotopic (exact) mass is 362 g/mol. The molecule has 0 aliphatic carbocycles. The smallest absolute Gasteiger partial charge is 0.262 e. The first-order chi connectivity index (χ1) is 13.0. The van der Waals surface area contributed by atoms with Gasteiger partial charge in [0.2, 0.25) is 5.91 Å². The number of pyridine rings is 1. The molecule has 1 aliphatic rings. The van der Waals surface area contributed by atoms with Crippen LogP contribution in [0, 0.1) is 6.92 Å². The van der Waals surface area contributed by atoms with Crippen LogP contribution in [0.3, 0.4) is 0 Å². The standard InChI is InChI=1S/C20H18N4O3/c1-13-5-4-8-17-22-14(11-23(13)17)9-10-21-18(25)12-24-19(26)15-6-2-3-7-16(15)20(24)27/h2-8,11H,9-10,12H2,1H3,(H,21,25). The fraction of sp³-hybridized carbons (Fsp3) is 0.200. The van der Waals surface area contributed by atoms with Crippen LogP contribution in [0.5, 0.6) is 0 Å². The van der Waals surface area contributed by atoms with Crippen molar-refractivity contribution >= 4 is 23.4 Å². The molecule has 136 valence electrons. The van der Waals surface area contributed by atoms with Crippen LogP contribution in [0.1, 0.15) is 32.1 Å². The molecule has 0 fully saturated rings. The van der Waals surface area contributed by atoms with Gasteiger partial charge in [0.05, 0.1) is 16.8 Å². The number of amides is 3. The predicted octanol–water partition coefficient (Wildman–Crippen LogP) is 1.60. The van der Waals surface area contributed by atoms with Gasteiger partial charge in [-0.05, 0) is 31.2 Å². The minimum atomic E-state index is -0.429. The summed E-state index contributed by atoms with van der Waals surface area (Å²) in [5, 5.41) is 2.75. The molecule has 0 saturated carbocycles. The largest absolute Gasteiger partial charge is 0.354 e.